The number of anilines is 1. The Morgan fingerprint density at radius 1 is 1.40 bits per heavy atom. The van der Waals surface area contributed by atoms with E-state index < -0.39 is 12.0 Å². The average Bonchev–Trinajstić information content (AvgIpc) is 2.37. The van der Waals surface area contributed by atoms with Gasteiger partial charge in [0.15, 0.2) is 0 Å². The van der Waals surface area contributed by atoms with Gasteiger partial charge in [0.1, 0.15) is 6.04 Å². The lowest BCUT2D eigenvalue weighted by Gasteiger charge is -2.08. The van der Waals surface area contributed by atoms with Crippen LogP contribution in [0.5, 0.6) is 0 Å². The van der Waals surface area contributed by atoms with E-state index in [1.54, 1.807) is 6.07 Å². The number of aliphatic carboxylic acids is 1. The number of halogens is 2. The highest BCUT2D eigenvalue weighted by Crippen LogP contribution is 2.26. The summed E-state index contributed by atoms with van der Waals surface area (Å²) in [4.78, 5) is 22.2. The lowest BCUT2D eigenvalue weighted by molar-refractivity contribution is -0.138. The van der Waals surface area contributed by atoms with Gasteiger partial charge in [0.25, 0.3) is 0 Å². The molecule has 0 aliphatic rings. The third-order valence-electron chi connectivity index (χ3n) is 2.33. The standard InChI is InChI=1S/C12H14Br2N2O3S/c13-7-1-2-10(8(14)5-7)16-11(17)6-20-4-3-9(15)12(18)19/h1-2,5,9H,3-4,6,15H2,(H,16,17)(H,18,19). The summed E-state index contributed by atoms with van der Waals surface area (Å²) in [6, 6.07) is 4.59. The van der Waals surface area contributed by atoms with Crippen LogP contribution in [0.25, 0.3) is 0 Å². The predicted octanol–water partition coefficient (Wildman–Crippen LogP) is 2.69. The summed E-state index contributed by atoms with van der Waals surface area (Å²) in [5, 5.41) is 11.4. The van der Waals surface area contributed by atoms with Gasteiger partial charge in [0.05, 0.1) is 11.4 Å². The minimum atomic E-state index is -1.02. The molecule has 4 N–H and O–H groups in total. The van der Waals surface area contributed by atoms with Gasteiger partial charge in [-0.25, -0.2) is 0 Å². The van der Waals surface area contributed by atoms with Crippen LogP contribution in [0.1, 0.15) is 6.42 Å². The van der Waals surface area contributed by atoms with E-state index in [1.807, 2.05) is 12.1 Å². The van der Waals surface area contributed by atoms with Crippen molar-refractivity contribution in [1.82, 2.24) is 0 Å². The highest BCUT2D eigenvalue weighted by molar-refractivity contribution is 9.11. The highest BCUT2D eigenvalue weighted by atomic mass is 79.9. The third kappa shape index (κ3) is 6.25. The number of benzene rings is 1. The molecule has 0 fully saturated rings. The summed E-state index contributed by atoms with van der Waals surface area (Å²) in [5.74, 6) is -0.368. The van der Waals surface area contributed by atoms with Crippen molar-refractivity contribution >= 4 is 61.2 Å². The lowest BCUT2D eigenvalue weighted by Crippen LogP contribution is -2.30. The molecule has 1 rings (SSSR count). The summed E-state index contributed by atoms with van der Waals surface area (Å²) in [7, 11) is 0. The van der Waals surface area contributed by atoms with Gasteiger partial charge in [-0.15, -0.1) is 0 Å². The number of hydrogen-bond donors (Lipinski definition) is 3. The second kappa shape index (κ2) is 8.66. The van der Waals surface area contributed by atoms with Crippen molar-refractivity contribution in [1.29, 1.82) is 0 Å². The van der Waals surface area contributed by atoms with Crippen molar-refractivity contribution in [3.05, 3.63) is 27.1 Å². The Hall–Kier alpha value is -0.570. The fourth-order valence-corrected chi connectivity index (χ4v) is 3.24. The molecule has 0 spiro atoms. The van der Waals surface area contributed by atoms with Crippen LogP contribution in [0, 0.1) is 0 Å². The van der Waals surface area contributed by atoms with Gasteiger partial charge in [-0.05, 0) is 46.3 Å². The Kier molecular flexibility index (Phi) is 7.57. The van der Waals surface area contributed by atoms with E-state index in [0.29, 0.717) is 17.9 Å². The molecule has 1 amide bonds. The number of amides is 1. The largest absolute Gasteiger partial charge is 0.480 e. The predicted molar refractivity (Wildman–Crippen MR) is 88.0 cm³/mol. The van der Waals surface area contributed by atoms with Gasteiger partial charge < -0.3 is 16.2 Å². The minimum absolute atomic E-state index is 0.137. The molecule has 0 bridgehead atoms. The molecule has 0 aliphatic heterocycles. The smallest absolute Gasteiger partial charge is 0.320 e. The van der Waals surface area contributed by atoms with Crippen molar-refractivity contribution in [2.45, 2.75) is 12.5 Å². The molecule has 0 saturated heterocycles. The Labute approximate surface area is 137 Å². The first kappa shape index (κ1) is 17.5. The maximum Gasteiger partial charge on any atom is 0.320 e. The van der Waals surface area contributed by atoms with Crippen LogP contribution in [0.4, 0.5) is 5.69 Å². The summed E-state index contributed by atoms with van der Waals surface area (Å²) >= 11 is 8.05. The van der Waals surface area contributed by atoms with Crippen LogP contribution < -0.4 is 11.1 Å². The normalized spacial score (nSPS) is 11.9. The molecule has 0 aromatic heterocycles. The number of carbonyl (C=O) groups is 2. The van der Waals surface area contributed by atoms with E-state index >= 15 is 0 Å². The Bertz CT molecular complexity index is 500. The Morgan fingerprint density at radius 2 is 2.10 bits per heavy atom. The number of carbonyl (C=O) groups excluding carboxylic acids is 1. The number of carboxylic acids is 1. The number of nitrogens with two attached hydrogens (primary N) is 1. The lowest BCUT2D eigenvalue weighted by atomic mass is 10.2. The van der Waals surface area contributed by atoms with Gasteiger partial charge >= 0.3 is 5.97 Å². The molecule has 1 atom stereocenters. The highest BCUT2D eigenvalue weighted by Gasteiger charge is 2.11. The van der Waals surface area contributed by atoms with Crippen molar-refractivity contribution in [2.24, 2.45) is 5.73 Å². The van der Waals surface area contributed by atoms with Crippen LogP contribution in [0.2, 0.25) is 0 Å². The Balaban J connectivity index is 2.32. The van der Waals surface area contributed by atoms with Gasteiger partial charge in [0.2, 0.25) is 5.91 Å². The van der Waals surface area contributed by atoms with Crippen molar-refractivity contribution < 1.29 is 14.7 Å². The fraction of sp³-hybridized carbons (Fsp3) is 0.333. The maximum atomic E-state index is 11.7. The number of rotatable bonds is 7. The minimum Gasteiger partial charge on any atom is -0.480 e. The second-order valence-electron chi connectivity index (χ2n) is 3.96. The van der Waals surface area contributed by atoms with Gasteiger partial charge in [-0.3, -0.25) is 9.59 Å². The molecule has 0 radical (unpaired) electrons. The number of hydrogen-bond acceptors (Lipinski definition) is 4. The van der Waals surface area contributed by atoms with Crippen molar-refractivity contribution in [3.63, 3.8) is 0 Å². The van der Waals surface area contributed by atoms with Crippen LogP contribution in [0.15, 0.2) is 27.1 Å². The maximum absolute atomic E-state index is 11.7. The first-order chi connectivity index (χ1) is 9.40. The fourth-order valence-electron chi connectivity index (χ4n) is 1.28. The third-order valence-corrected chi connectivity index (χ3v) is 4.47. The molecular weight excluding hydrogens is 412 g/mol. The molecule has 1 unspecified atom stereocenters. The van der Waals surface area contributed by atoms with E-state index in [4.69, 9.17) is 10.8 Å². The molecule has 1 aromatic carbocycles. The molecule has 8 heteroatoms. The van der Waals surface area contributed by atoms with Crippen LogP contribution in [-0.2, 0) is 9.59 Å². The Morgan fingerprint density at radius 3 is 2.70 bits per heavy atom. The van der Waals surface area contributed by atoms with E-state index in [-0.39, 0.29) is 11.7 Å². The average molecular weight is 426 g/mol. The zero-order valence-electron chi connectivity index (χ0n) is 10.4. The summed E-state index contributed by atoms with van der Waals surface area (Å²) in [5.41, 5.74) is 6.06. The zero-order chi connectivity index (χ0) is 15.1. The van der Waals surface area contributed by atoms with Crippen LogP contribution >= 0.6 is 43.6 Å². The first-order valence-corrected chi connectivity index (χ1v) is 8.45. The van der Waals surface area contributed by atoms with Crippen LogP contribution in [0.3, 0.4) is 0 Å². The van der Waals surface area contributed by atoms with Gasteiger partial charge in [-0.2, -0.15) is 11.8 Å². The van der Waals surface area contributed by atoms with Crippen molar-refractivity contribution in [2.75, 3.05) is 16.8 Å². The van der Waals surface area contributed by atoms with Gasteiger partial charge in [0, 0.05) is 8.95 Å². The monoisotopic (exact) mass is 424 g/mol. The van der Waals surface area contributed by atoms with E-state index in [1.165, 1.54) is 11.8 Å². The van der Waals surface area contributed by atoms with E-state index in [2.05, 4.69) is 37.2 Å². The quantitative estimate of drug-likeness (QED) is 0.584. The molecule has 1 aromatic rings. The summed E-state index contributed by atoms with van der Waals surface area (Å²) < 4.78 is 1.71. The molecule has 110 valence electrons. The second-order valence-corrected chi connectivity index (χ2v) is 6.83. The number of nitrogens with one attached hydrogen (secondary N) is 1. The number of thioether (sulfide) groups is 1. The summed E-state index contributed by atoms with van der Waals surface area (Å²) in [6.07, 6.45) is 0.343. The molecule has 5 nitrogen and oxygen atoms in total. The molecule has 20 heavy (non-hydrogen) atoms. The van der Waals surface area contributed by atoms with E-state index in [9.17, 15) is 9.59 Å². The molecule has 0 heterocycles. The van der Waals surface area contributed by atoms with Gasteiger partial charge in [-0.1, -0.05) is 15.9 Å². The summed E-state index contributed by atoms with van der Waals surface area (Å²) in [6.45, 7) is 0. The zero-order valence-corrected chi connectivity index (χ0v) is 14.4. The number of carboxylic acid groups (broad SMARTS) is 1. The molecule has 0 saturated carbocycles. The first-order valence-electron chi connectivity index (χ1n) is 5.71. The molecular formula is C12H14Br2N2O3S. The SMILES string of the molecule is NC(CCSCC(=O)Nc1ccc(Br)cc1Br)C(=O)O. The van der Waals surface area contributed by atoms with Crippen molar-refractivity contribution in [3.8, 4) is 0 Å². The molecule has 0 aliphatic carbocycles. The van der Waals surface area contributed by atoms with E-state index in [0.717, 1.165) is 8.95 Å². The van der Waals surface area contributed by atoms with Crippen LogP contribution in [-0.4, -0.2) is 34.5 Å². The topological polar surface area (TPSA) is 92.4 Å².